The molecule has 1 aromatic carbocycles. The van der Waals surface area contributed by atoms with Gasteiger partial charge >= 0.3 is 0 Å². The average Bonchev–Trinajstić information content (AvgIpc) is 3.25. The predicted octanol–water partition coefficient (Wildman–Crippen LogP) is 2.91. The molecular weight excluding hydrogens is 418 g/mol. The molecule has 2 atom stereocenters. The maximum Gasteiger partial charge on any atom is 0.224 e. The van der Waals surface area contributed by atoms with Crippen LogP contribution in [0.25, 0.3) is 5.65 Å². The Morgan fingerprint density at radius 1 is 1.21 bits per heavy atom. The van der Waals surface area contributed by atoms with Crippen LogP contribution in [0, 0.1) is 5.92 Å². The number of anilines is 1. The van der Waals surface area contributed by atoms with Crippen molar-refractivity contribution in [3.8, 4) is 0 Å². The highest BCUT2D eigenvalue weighted by molar-refractivity contribution is 5.93. The van der Waals surface area contributed by atoms with Gasteiger partial charge in [-0.2, -0.15) is 0 Å². The highest BCUT2D eigenvalue weighted by Gasteiger charge is 2.26. The predicted molar refractivity (Wildman–Crippen MR) is 124 cm³/mol. The van der Waals surface area contributed by atoms with Crippen LogP contribution in [0.3, 0.4) is 0 Å². The molecule has 4 heterocycles. The zero-order valence-corrected chi connectivity index (χ0v) is 18.6. The standard InChI is InChI=1S/C25H29N5O3/c31-21(19-6-8-20-18(15-19)7-10-24(32)26-20)9-11-25(33)29-12-3-4-17(16-29)14-23-28-27-22-5-1-2-13-30(22)23/h1-2,5-6,8,13,15,17,21,31H,3-4,7,9-12,14,16H2,(H,26,32). The minimum absolute atomic E-state index is 0.0263. The van der Waals surface area contributed by atoms with E-state index in [0.29, 0.717) is 31.6 Å². The third kappa shape index (κ3) is 4.75. The van der Waals surface area contributed by atoms with Gasteiger partial charge in [0.15, 0.2) is 5.65 Å². The van der Waals surface area contributed by atoms with Gasteiger partial charge in [-0.1, -0.05) is 18.2 Å². The molecule has 1 saturated heterocycles. The molecule has 0 saturated carbocycles. The second-order valence-corrected chi connectivity index (χ2v) is 9.12. The van der Waals surface area contributed by atoms with Crippen LogP contribution in [-0.4, -0.2) is 49.5 Å². The lowest BCUT2D eigenvalue weighted by Gasteiger charge is -2.33. The number of pyridine rings is 1. The summed E-state index contributed by atoms with van der Waals surface area (Å²) in [6.07, 6.45) is 5.97. The number of hydrogen-bond donors (Lipinski definition) is 2. The number of hydrogen-bond acceptors (Lipinski definition) is 5. The fourth-order valence-electron chi connectivity index (χ4n) is 4.94. The van der Waals surface area contributed by atoms with Crippen LogP contribution in [0.4, 0.5) is 5.69 Å². The van der Waals surface area contributed by atoms with Crippen molar-refractivity contribution in [3.63, 3.8) is 0 Å². The van der Waals surface area contributed by atoms with Gasteiger partial charge in [-0.05, 0) is 60.9 Å². The van der Waals surface area contributed by atoms with Crippen molar-refractivity contribution in [2.45, 2.75) is 51.0 Å². The average molecular weight is 448 g/mol. The normalized spacial score (nSPS) is 19.2. The Bertz CT molecular complexity index is 1170. The largest absolute Gasteiger partial charge is 0.388 e. The minimum Gasteiger partial charge on any atom is -0.388 e. The van der Waals surface area contributed by atoms with E-state index in [2.05, 4.69) is 15.5 Å². The van der Waals surface area contributed by atoms with Gasteiger partial charge in [-0.3, -0.25) is 14.0 Å². The van der Waals surface area contributed by atoms with Crippen molar-refractivity contribution >= 4 is 23.1 Å². The van der Waals surface area contributed by atoms with Crippen LogP contribution >= 0.6 is 0 Å². The number of aryl methyl sites for hydroxylation is 1. The summed E-state index contributed by atoms with van der Waals surface area (Å²) >= 11 is 0. The van der Waals surface area contributed by atoms with Gasteiger partial charge in [0.2, 0.25) is 11.8 Å². The number of aliphatic hydroxyl groups is 1. The fraction of sp³-hybridized carbons (Fsp3) is 0.440. The summed E-state index contributed by atoms with van der Waals surface area (Å²) in [7, 11) is 0. The van der Waals surface area contributed by atoms with Gasteiger partial charge in [0.1, 0.15) is 5.82 Å². The van der Waals surface area contributed by atoms with Crippen molar-refractivity contribution < 1.29 is 14.7 Å². The van der Waals surface area contributed by atoms with Gasteiger partial charge in [0.05, 0.1) is 6.10 Å². The summed E-state index contributed by atoms with van der Waals surface area (Å²) in [5, 5.41) is 22.1. The number of aromatic nitrogens is 3. The Morgan fingerprint density at radius 3 is 3.03 bits per heavy atom. The van der Waals surface area contributed by atoms with E-state index in [1.54, 1.807) is 0 Å². The van der Waals surface area contributed by atoms with E-state index in [0.717, 1.165) is 60.6 Å². The molecule has 0 aliphatic carbocycles. The summed E-state index contributed by atoms with van der Waals surface area (Å²) < 4.78 is 2.02. The van der Waals surface area contributed by atoms with Gasteiger partial charge in [0, 0.05) is 44.2 Å². The minimum atomic E-state index is -0.695. The van der Waals surface area contributed by atoms with Crippen LogP contribution in [-0.2, 0) is 22.4 Å². The smallest absolute Gasteiger partial charge is 0.224 e. The van der Waals surface area contributed by atoms with Crippen molar-refractivity contribution in [3.05, 3.63) is 59.5 Å². The number of rotatable bonds is 6. The number of carbonyl (C=O) groups is 2. The highest BCUT2D eigenvalue weighted by atomic mass is 16.3. The van der Waals surface area contributed by atoms with Gasteiger partial charge < -0.3 is 15.3 Å². The lowest BCUT2D eigenvalue weighted by Crippen LogP contribution is -2.40. The molecule has 2 aliphatic heterocycles. The number of amides is 2. The molecule has 2 N–H and O–H groups in total. The summed E-state index contributed by atoms with van der Waals surface area (Å²) in [5.41, 5.74) is 3.50. The number of nitrogens with one attached hydrogen (secondary N) is 1. The number of piperidine rings is 1. The van der Waals surface area contributed by atoms with Gasteiger partial charge in [-0.25, -0.2) is 0 Å². The molecular formula is C25H29N5O3. The van der Waals surface area contributed by atoms with E-state index in [1.165, 1.54) is 0 Å². The van der Waals surface area contributed by atoms with Crippen molar-refractivity contribution in [1.82, 2.24) is 19.5 Å². The second kappa shape index (κ2) is 9.31. The maximum atomic E-state index is 12.9. The van der Waals surface area contributed by atoms with Gasteiger partial charge in [-0.15, -0.1) is 10.2 Å². The van der Waals surface area contributed by atoms with Crippen LogP contribution in [0.15, 0.2) is 42.6 Å². The van der Waals surface area contributed by atoms with Crippen molar-refractivity contribution in [1.29, 1.82) is 0 Å². The maximum absolute atomic E-state index is 12.9. The second-order valence-electron chi connectivity index (χ2n) is 9.12. The molecule has 8 nitrogen and oxygen atoms in total. The molecule has 2 aliphatic rings. The van der Waals surface area contributed by atoms with E-state index >= 15 is 0 Å². The summed E-state index contributed by atoms with van der Waals surface area (Å²) in [6.45, 7) is 1.49. The third-order valence-electron chi connectivity index (χ3n) is 6.77. The van der Waals surface area contributed by atoms with E-state index in [9.17, 15) is 14.7 Å². The zero-order chi connectivity index (χ0) is 22.8. The van der Waals surface area contributed by atoms with Crippen LogP contribution in [0.2, 0.25) is 0 Å². The first-order valence-electron chi connectivity index (χ1n) is 11.7. The molecule has 172 valence electrons. The molecule has 1 fully saturated rings. The molecule has 2 aromatic heterocycles. The quantitative estimate of drug-likeness (QED) is 0.605. The van der Waals surface area contributed by atoms with Crippen LogP contribution in [0.1, 0.15) is 55.2 Å². The Hall–Kier alpha value is -3.26. The lowest BCUT2D eigenvalue weighted by molar-refractivity contribution is -0.133. The van der Waals surface area contributed by atoms with E-state index in [1.807, 2.05) is 51.9 Å². The number of carbonyl (C=O) groups excluding carboxylic acids is 2. The SMILES string of the molecule is O=C1CCc2cc(C(O)CCC(=O)N3CCCC(Cc4nnc5ccccn45)C3)ccc2N1. The number of benzene rings is 1. The third-order valence-corrected chi connectivity index (χ3v) is 6.77. The number of likely N-dealkylation sites (tertiary alicyclic amines) is 1. The zero-order valence-electron chi connectivity index (χ0n) is 18.6. The fourth-order valence-corrected chi connectivity index (χ4v) is 4.94. The first-order chi connectivity index (χ1) is 16.1. The van der Waals surface area contributed by atoms with E-state index in [-0.39, 0.29) is 11.8 Å². The highest BCUT2D eigenvalue weighted by Crippen LogP contribution is 2.28. The molecule has 0 spiro atoms. The number of fused-ring (bicyclic) bond motifs is 2. The molecule has 8 heteroatoms. The first-order valence-corrected chi connectivity index (χ1v) is 11.7. The van der Waals surface area contributed by atoms with Crippen molar-refractivity contribution in [2.24, 2.45) is 5.92 Å². The summed E-state index contributed by atoms with van der Waals surface area (Å²) in [6, 6.07) is 11.5. The van der Waals surface area contributed by atoms with E-state index < -0.39 is 6.10 Å². The van der Waals surface area contributed by atoms with Crippen molar-refractivity contribution in [2.75, 3.05) is 18.4 Å². The van der Waals surface area contributed by atoms with E-state index in [4.69, 9.17) is 0 Å². The monoisotopic (exact) mass is 447 g/mol. The molecule has 3 aromatic rings. The molecule has 0 bridgehead atoms. The van der Waals surface area contributed by atoms with Gasteiger partial charge in [0.25, 0.3) is 0 Å². The Morgan fingerprint density at radius 2 is 2.12 bits per heavy atom. The molecule has 2 unspecified atom stereocenters. The molecule has 5 rings (SSSR count). The lowest BCUT2D eigenvalue weighted by atomic mass is 9.93. The van der Waals surface area contributed by atoms with Crippen LogP contribution in [0.5, 0.6) is 0 Å². The van der Waals surface area contributed by atoms with Crippen LogP contribution < -0.4 is 5.32 Å². The Labute approximate surface area is 192 Å². The summed E-state index contributed by atoms with van der Waals surface area (Å²) in [5.74, 6) is 1.41. The summed E-state index contributed by atoms with van der Waals surface area (Å²) in [4.78, 5) is 26.4. The molecule has 33 heavy (non-hydrogen) atoms. The molecule has 2 amide bonds. The Balaban J connectivity index is 1.16. The Kier molecular flexibility index (Phi) is 6.09. The number of nitrogens with zero attached hydrogens (tertiary/aromatic N) is 4. The first kappa shape index (κ1) is 21.6. The molecule has 0 radical (unpaired) electrons. The topological polar surface area (TPSA) is 99.8 Å². The number of aliphatic hydroxyl groups excluding tert-OH is 1.